The van der Waals surface area contributed by atoms with E-state index in [1.807, 2.05) is 19.1 Å². The van der Waals surface area contributed by atoms with Crippen molar-refractivity contribution in [3.05, 3.63) is 35.0 Å². The molecular formula is C19H31N5O2. The molecule has 0 radical (unpaired) electrons. The van der Waals surface area contributed by atoms with Crippen molar-refractivity contribution in [1.82, 2.24) is 20.9 Å². The zero-order valence-corrected chi connectivity index (χ0v) is 16.5. The van der Waals surface area contributed by atoms with Gasteiger partial charge < -0.3 is 19.7 Å². The first kappa shape index (κ1) is 20.0. The number of hydrogen-bond acceptors (Lipinski definition) is 5. The van der Waals surface area contributed by atoms with Crippen LogP contribution in [0.4, 0.5) is 0 Å². The van der Waals surface area contributed by atoms with Gasteiger partial charge in [-0.2, -0.15) is 0 Å². The molecule has 0 saturated heterocycles. The minimum absolute atomic E-state index is 0.346. The quantitative estimate of drug-likeness (QED) is 0.519. The summed E-state index contributed by atoms with van der Waals surface area (Å²) in [6.45, 7) is 12.3. The molecule has 0 fully saturated rings. The van der Waals surface area contributed by atoms with E-state index < -0.39 is 0 Å². The number of rotatable bonds is 9. The lowest BCUT2D eigenvalue weighted by molar-refractivity contribution is 0.367. The number of guanidine groups is 1. The highest BCUT2D eigenvalue weighted by molar-refractivity contribution is 5.79. The van der Waals surface area contributed by atoms with Crippen LogP contribution in [0.3, 0.4) is 0 Å². The zero-order chi connectivity index (χ0) is 18.9. The molecule has 0 aliphatic carbocycles. The summed E-state index contributed by atoms with van der Waals surface area (Å²) in [5.41, 5.74) is 1.97. The fourth-order valence-corrected chi connectivity index (χ4v) is 2.66. The van der Waals surface area contributed by atoms with Gasteiger partial charge in [0.25, 0.3) is 0 Å². The number of nitrogens with one attached hydrogen (secondary N) is 2. The van der Waals surface area contributed by atoms with Crippen LogP contribution in [0.25, 0.3) is 0 Å². The summed E-state index contributed by atoms with van der Waals surface area (Å²) in [7, 11) is 0. The first-order chi connectivity index (χ1) is 12.6. The van der Waals surface area contributed by atoms with Crippen molar-refractivity contribution in [3.8, 4) is 0 Å². The van der Waals surface area contributed by atoms with Crippen LogP contribution in [-0.4, -0.2) is 22.8 Å². The summed E-state index contributed by atoms with van der Waals surface area (Å²) in [6, 6.07) is 3.98. The van der Waals surface area contributed by atoms with Crippen LogP contribution in [0.5, 0.6) is 0 Å². The fourth-order valence-electron chi connectivity index (χ4n) is 2.66. The van der Waals surface area contributed by atoms with Crippen molar-refractivity contribution < 1.29 is 9.05 Å². The van der Waals surface area contributed by atoms with Gasteiger partial charge in [0, 0.05) is 24.6 Å². The molecule has 144 valence electrons. The van der Waals surface area contributed by atoms with E-state index in [1.165, 1.54) is 0 Å². The van der Waals surface area contributed by atoms with E-state index in [2.05, 4.69) is 53.6 Å². The predicted octanol–water partition coefficient (Wildman–Crippen LogP) is 3.94. The van der Waals surface area contributed by atoms with Crippen molar-refractivity contribution >= 4 is 5.96 Å². The largest absolute Gasteiger partial charge is 0.359 e. The molecule has 0 aliphatic heterocycles. The van der Waals surface area contributed by atoms with E-state index in [0.29, 0.717) is 30.9 Å². The Bertz CT molecular complexity index is 686. The van der Waals surface area contributed by atoms with E-state index in [1.54, 1.807) is 0 Å². The van der Waals surface area contributed by atoms with Crippen LogP contribution in [0, 0.1) is 0 Å². The molecule has 0 aliphatic rings. The Morgan fingerprint density at radius 3 is 2.27 bits per heavy atom. The van der Waals surface area contributed by atoms with Crippen LogP contribution in [-0.2, 0) is 13.1 Å². The highest BCUT2D eigenvalue weighted by atomic mass is 16.5. The Hall–Kier alpha value is -2.31. The number of aromatic nitrogens is 2. The molecule has 0 spiro atoms. The Morgan fingerprint density at radius 2 is 1.65 bits per heavy atom. The minimum atomic E-state index is 0.346. The topological polar surface area (TPSA) is 88.5 Å². The number of aliphatic imine (C=N–C) groups is 1. The first-order valence-corrected chi connectivity index (χ1v) is 9.50. The lowest BCUT2D eigenvalue weighted by atomic mass is 9.99. The highest BCUT2D eigenvalue weighted by Gasteiger charge is 2.13. The van der Waals surface area contributed by atoms with Crippen LogP contribution in [0.15, 0.2) is 26.2 Å². The molecule has 2 N–H and O–H groups in total. The van der Waals surface area contributed by atoms with Crippen LogP contribution >= 0.6 is 0 Å². The minimum Gasteiger partial charge on any atom is -0.359 e. The number of nitrogens with zero attached hydrogens (tertiary/aromatic N) is 3. The van der Waals surface area contributed by atoms with Crippen molar-refractivity contribution in [1.29, 1.82) is 0 Å². The highest BCUT2D eigenvalue weighted by Crippen LogP contribution is 2.22. The van der Waals surface area contributed by atoms with Crippen molar-refractivity contribution in [2.24, 2.45) is 4.99 Å². The van der Waals surface area contributed by atoms with Crippen molar-refractivity contribution in [2.75, 3.05) is 6.54 Å². The summed E-state index contributed by atoms with van der Waals surface area (Å²) in [5.74, 6) is 3.06. The monoisotopic (exact) mass is 361 g/mol. The molecule has 0 bridgehead atoms. The molecule has 2 aromatic heterocycles. The third-order valence-electron chi connectivity index (χ3n) is 4.32. The number of hydrogen-bond donors (Lipinski definition) is 2. The van der Waals surface area contributed by atoms with Gasteiger partial charge in [0.2, 0.25) is 0 Å². The van der Waals surface area contributed by atoms with Crippen LogP contribution in [0.2, 0.25) is 0 Å². The summed E-state index contributed by atoms with van der Waals surface area (Å²) >= 11 is 0. The Kier molecular flexibility index (Phi) is 7.69. The fraction of sp³-hybridized carbons (Fsp3) is 0.632. The summed E-state index contributed by atoms with van der Waals surface area (Å²) in [5, 5.41) is 14.7. The maximum atomic E-state index is 5.45. The van der Waals surface area contributed by atoms with E-state index in [0.717, 1.165) is 42.3 Å². The van der Waals surface area contributed by atoms with E-state index in [9.17, 15) is 0 Å². The van der Waals surface area contributed by atoms with Gasteiger partial charge in [0.1, 0.15) is 6.54 Å². The van der Waals surface area contributed by atoms with Gasteiger partial charge in [-0.15, -0.1) is 0 Å². The average molecular weight is 361 g/mol. The second kappa shape index (κ2) is 9.99. The van der Waals surface area contributed by atoms with Gasteiger partial charge in [-0.25, -0.2) is 4.99 Å². The van der Waals surface area contributed by atoms with E-state index >= 15 is 0 Å². The molecule has 2 rings (SSSR count). The molecule has 7 nitrogen and oxygen atoms in total. The normalized spacial score (nSPS) is 12.2. The molecule has 0 amide bonds. The Morgan fingerprint density at radius 1 is 1.00 bits per heavy atom. The summed E-state index contributed by atoms with van der Waals surface area (Å²) in [6.07, 6.45) is 2.13. The third kappa shape index (κ3) is 5.61. The van der Waals surface area contributed by atoms with Gasteiger partial charge >= 0.3 is 0 Å². The molecule has 2 aromatic rings. The maximum absolute atomic E-state index is 5.45. The lowest BCUT2D eigenvalue weighted by Crippen LogP contribution is -2.36. The molecule has 0 unspecified atom stereocenters. The smallest absolute Gasteiger partial charge is 0.192 e. The first-order valence-electron chi connectivity index (χ1n) is 9.50. The molecule has 0 saturated carbocycles. The van der Waals surface area contributed by atoms with E-state index in [-0.39, 0.29) is 0 Å². The van der Waals surface area contributed by atoms with Gasteiger partial charge in [0.05, 0.1) is 17.9 Å². The lowest BCUT2D eigenvalue weighted by Gasteiger charge is -2.09. The summed E-state index contributed by atoms with van der Waals surface area (Å²) < 4.78 is 10.8. The maximum Gasteiger partial charge on any atom is 0.192 e. The van der Waals surface area contributed by atoms with Crippen molar-refractivity contribution in [2.45, 2.75) is 72.4 Å². The standard InChI is InChI=1S/C19H31N5O2/c1-6-14(7-2)18-10-16(26-24-18)12-22-19(20-8-3)21-11-15-9-17(13(4)5)23-25-15/h9-10,13-14H,6-8,11-12H2,1-5H3,(H2,20,21,22). The van der Waals surface area contributed by atoms with Crippen LogP contribution in [0.1, 0.15) is 82.2 Å². The second-order valence-corrected chi connectivity index (χ2v) is 6.65. The van der Waals surface area contributed by atoms with Gasteiger partial charge in [-0.3, -0.25) is 0 Å². The van der Waals surface area contributed by atoms with Crippen LogP contribution < -0.4 is 10.6 Å². The third-order valence-corrected chi connectivity index (χ3v) is 4.32. The molecule has 2 heterocycles. The van der Waals surface area contributed by atoms with Gasteiger partial charge in [0.15, 0.2) is 17.5 Å². The molecule has 26 heavy (non-hydrogen) atoms. The van der Waals surface area contributed by atoms with Crippen molar-refractivity contribution in [3.63, 3.8) is 0 Å². The molecule has 0 aromatic carbocycles. The van der Waals surface area contributed by atoms with E-state index in [4.69, 9.17) is 9.05 Å². The zero-order valence-electron chi connectivity index (χ0n) is 16.5. The summed E-state index contributed by atoms with van der Waals surface area (Å²) in [4.78, 5) is 4.54. The molecule has 0 atom stereocenters. The van der Waals surface area contributed by atoms with Gasteiger partial charge in [-0.1, -0.05) is 38.0 Å². The molecule has 7 heteroatoms. The second-order valence-electron chi connectivity index (χ2n) is 6.65. The predicted molar refractivity (Wildman–Crippen MR) is 102 cm³/mol. The average Bonchev–Trinajstić information content (AvgIpc) is 3.28. The van der Waals surface area contributed by atoms with Gasteiger partial charge in [-0.05, 0) is 25.7 Å². The Balaban J connectivity index is 1.94. The Labute approximate surface area is 155 Å². The molecular weight excluding hydrogens is 330 g/mol. The SMILES string of the molecule is CCNC(=NCc1cc(C(C)C)no1)NCc1cc(C(CC)CC)no1.